The zero-order valence-corrected chi connectivity index (χ0v) is 10.9. The maximum absolute atomic E-state index is 12.3. The van der Waals surface area contributed by atoms with E-state index in [-0.39, 0.29) is 23.0 Å². The third-order valence-electron chi connectivity index (χ3n) is 4.75. The molecule has 0 aromatic carbocycles. The molecule has 0 saturated heterocycles. The zero-order valence-electron chi connectivity index (χ0n) is 10.9. The number of fused-ring (bicyclic) bond motifs is 1. The summed E-state index contributed by atoms with van der Waals surface area (Å²) >= 11 is 0. The Morgan fingerprint density at radius 3 is 2.71 bits per heavy atom. The van der Waals surface area contributed by atoms with E-state index in [1.807, 2.05) is 19.9 Å². The SMILES string of the molecule is CC1=CC[C@@H]2C(C)(C)C=CC(=O)[C@]2(C#N)[C@@H]1C. The molecule has 17 heavy (non-hydrogen) atoms. The Labute approximate surface area is 103 Å². The molecule has 3 atom stereocenters. The quantitative estimate of drug-likeness (QED) is 0.598. The molecule has 0 spiro atoms. The Balaban J connectivity index is 2.65. The van der Waals surface area contributed by atoms with Crippen molar-refractivity contribution < 1.29 is 4.79 Å². The number of nitrogens with zero attached hydrogens (tertiary/aromatic N) is 1. The van der Waals surface area contributed by atoms with Crippen LogP contribution in [0.1, 0.15) is 34.1 Å². The van der Waals surface area contributed by atoms with Crippen LogP contribution in [0.3, 0.4) is 0 Å². The van der Waals surface area contributed by atoms with Gasteiger partial charge in [0.15, 0.2) is 5.78 Å². The number of ketones is 1. The van der Waals surface area contributed by atoms with Crippen molar-refractivity contribution in [3.63, 3.8) is 0 Å². The van der Waals surface area contributed by atoms with Gasteiger partial charge in [-0.2, -0.15) is 5.26 Å². The topological polar surface area (TPSA) is 40.9 Å². The van der Waals surface area contributed by atoms with Crippen LogP contribution in [0, 0.1) is 34.0 Å². The van der Waals surface area contributed by atoms with Gasteiger partial charge in [0.1, 0.15) is 5.41 Å². The lowest BCUT2D eigenvalue weighted by molar-refractivity contribution is -0.129. The lowest BCUT2D eigenvalue weighted by Gasteiger charge is -2.49. The third kappa shape index (κ3) is 1.42. The van der Waals surface area contributed by atoms with Gasteiger partial charge in [-0.15, -0.1) is 0 Å². The molecule has 0 radical (unpaired) electrons. The van der Waals surface area contributed by atoms with E-state index in [1.54, 1.807) is 6.08 Å². The Morgan fingerprint density at radius 2 is 2.12 bits per heavy atom. The second-order valence-corrected chi connectivity index (χ2v) is 5.96. The average Bonchev–Trinajstić information content (AvgIpc) is 2.28. The van der Waals surface area contributed by atoms with E-state index in [0.717, 1.165) is 6.42 Å². The summed E-state index contributed by atoms with van der Waals surface area (Å²) in [7, 11) is 0. The van der Waals surface area contributed by atoms with Crippen molar-refractivity contribution in [2.24, 2.45) is 22.7 Å². The van der Waals surface area contributed by atoms with E-state index in [4.69, 9.17) is 0 Å². The summed E-state index contributed by atoms with van der Waals surface area (Å²) in [4.78, 5) is 12.3. The van der Waals surface area contributed by atoms with E-state index < -0.39 is 5.41 Å². The van der Waals surface area contributed by atoms with E-state index in [0.29, 0.717) is 0 Å². The number of rotatable bonds is 0. The van der Waals surface area contributed by atoms with E-state index >= 15 is 0 Å². The molecule has 2 heteroatoms. The smallest absolute Gasteiger partial charge is 0.176 e. The number of allylic oxidation sites excluding steroid dienone is 4. The van der Waals surface area contributed by atoms with Crippen LogP contribution in [0.25, 0.3) is 0 Å². The van der Waals surface area contributed by atoms with Crippen LogP contribution in [0.5, 0.6) is 0 Å². The lowest BCUT2D eigenvalue weighted by atomic mass is 9.50. The molecule has 0 fully saturated rings. The standard InChI is InChI=1S/C15H19NO/c1-10-5-6-12-14(3,4)8-7-13(17)15(12,9-16)11(10)2/h5,7-8,11-12H,6H2,1-4H3/t11-,12-,15-/m1/s1. The summed E-state index contributed by atoms with van der Waals surface area (Å²) in [5.41, 5.74) is 0.230. The first-order valence-corrected chi connectivity index (χ1v) is 6.18. The molecule has 2 nitrogen and oxygen atoms in total. The average molecular weight is 229 g/mol. The molecule has 90 valence electrons. The summed E-state index contributed by atoms with van der Waals surface area (Å²) < 4.78 is 0. The molecule has 0 saturated carbocycles. The van der Waals surface area contributed by atoms with E-state index in [1.165, 1.54) is 5.57 Å². The predicted octanol–water partition coefficient (Wildman–Crippen LogP) is 3.26. The fourth-order valence-electron chi connectivity index (χ4n) is 3.38. The number of hydrogen-bond acceptors (Lipinski definition) is 2. The van der Waals surface area contributed by atoms with Crippen LogP contribution >= 0.6 is 0 Å². The Bertz CT molecular complexity index is 464. The van der Waals surface area contributed by atoms with Gasteiger partial charge in [0.2, 0.25) is 0 Å². The number of nitriles is 1. The first-order valence-electron chi connectivity index (χ1n) is 6.18. The lowest BCUT2D eigenvalue weighted by Crippen LogP contribution is -2.52. The third-order valence-corrected chi connectivity index (χ3v) is 4.75. The first kappa shape index (κ1) is 12.1. The minimum absolute atomic E-state index is 0.00993. The maximum atomic E-state index is 12.3. The number of carbonyl (C=O) groups excluding carboxylic acids is 1. The number of carbonyl (C=O) groups is 1. The van der Waals surface area contributed by atoms with Crippen molar-refractivity contribution in [1.29, 1.82) is 5.26 Å². The monoisotopic (exact) mass is 229 g/mol. The molecule has 2 rings (SSSR count). The van der Waals surface area contributed by atoms with Gasteiger partial charge >= 0.3 is 0 Å². The zero-order chi connectivity index (χ0) is 12.8. The second-order valence-electron chi connectivity index (χ2n) is 5.96. The Kier molecular flexibility index (Phi) is 2.54. The van der Waals surface area contributed by atoms with Gasteiger partial charge in [-0.05, 0) is 30.8 Å². The molecule has 2 aliphatic rings. The van der Waals surface area contributed by atoms with Crippen molar-refractivity contribution in [3.05, 3.63) is 23.8 Å². The molecule has 0 aliphatic heterocycles. The van der Waals surface area contributed by atoms with Gasteiger partial charge in [-0.25, -0.2) is 0 Å². The van der Waals surface area contributed by atoms with E-state index in [2.05, 4.69) is 26.0 Å². The molecule has 0 aromatic rings. The molecular weight excluding hydrogens is 210 g/mol. The largest absolute Gasteiger partial charge is 0.293 e. The summed E-state index contributed by atoms with van der Waals surface area (Å²) in [6.07, 6.45) is 6.61. The van der Waals surface area contributed by atoms with Crippen LogP contribution in [-0.4, -0.2) is 5.78 Å². The van der Waals surface area contributed by atoms with Gasteiger partial charge in [-0.3, -0.25) is 4.79 Å². The fraction of sp³-hybridized carbons (Fsp3) is 0.600. The molecule has 0 unspecified atom stereocenters. The minimum Gasteiger partial charge on any atom is -0.293 e. The van der Waals surface area contributed by atoms with Gasteiger partial charge in [0, 0.05) is 5.92 Å². The summed E-state index contributed by atoms with van der Waals surface area (Å²) in [6.45, 7) is 8.27. The van der Waals surface area contributed by atoms with Crippen LogP contribution in [-0.2, 0) is 4.79 Å². The summed E-state index contributed by atoms with van der Waals surface area (Å²) in [5, 5.41) is 9.64. The van der Waals surface area contributed by atoms with Gasteiger partial charge in [0.25, 0.3) is 0 Å². The highest BCUT2D eigenvalue weighted by molar-refractivity contribution is 5.99. The van der Waals surface area contributed by atoms with Gasteiger partial charge in [0.05, 0.1) is 6.07 Å². The molecule has 0 heterocycles. The normalized spacial score (nSPS) is 39.2. The fourth-order valence-corrected chi connectivity index (χ4v) is 3.38. The molecule has 0 N–H and O–H groups in total. The Hall–Kier alpha value is -1.36. The first-order chi connectivity index (χ1) is 7.86. The van der Waals surface area contributed by atoms with Crippen molar-refractivity contribution in [2.75, 3.05) is 0 Å². The summed E-state index contributed by atoms with van der Waals surface area (Å²) in [5.74, 6) is 0.100. The van der Waals surface area contributed by atoms with Crippen molar-refractivity contribution in [3.8, 4) is 6.07 Å². The molecule has 0 amide bonds. The highest BCUT2D eigenvalue weighted by Gasteiger charge is 2.57. The highest BCUT2D eigenvalue weighted by Crippen LogP contribution is 2.55. The van der Waals surface area contributed by atoms with Crippen molar-refractivity contribution in [2.45, 2.75) is 34.1 Å². The van der Waals surface area contributed by atoms with Crippen LogP contribution in [0.2, 0.25) is 0 Å². The Morgan fingerprint density at radius 1 is 1.47 bits per heavy atom. The highest BCUT2D eigenvalue weighted by atomic mass is 16.1. The molecule has 2 aliphatic carbocycles. The molecule has 0 aromatic heterocycles. The van der Waals surface area contributed by atoms with Crippen molar-refractivity contribution >= 4 is 5.78 Å². The van der Waals surface area contributed by atoms with Crippen molar-refractivity contribution in [1.82, 2.24) is 0 Å². The predicted molar refractivity (Wildman–Crippen MR) is 67.0 cm³/mol. The molecule has 0 bridgehead atoms. The van der Waals surface area contributed by atoms with Gasteiger partial charge < -0.3 is 0 Å². The van der Waals surface area contributed by atoms with E-state index in [9.17, 15) is 10.1 Å². The van der Waals surface area contributed by atoms with Crippen LogP contribution < -0.4 is 0 Å². The van der Waals surface area contributed by atoms with Crippen LogP contribution in [0.15, 0.2) is 23.8 Å². The second kappa shape index (κ2) is 3.57. The minimum atomic E-state index is -0.850. The van der Waals surface area contributed by atoms with Gasteiger partial charge in [-0.1, -0.05) is 38.5 Å². The number of hydrogen-bond donors (Lipinski definition) is 0. The van der Waals surface area contributed by atoms with Crippen LogP contribution in [0.4, 0.5) is 0 Å². The summed E-state index contributed by atoms with van der Waals surface area (Å²) in [6, 6.07) is 2.36. The maximum Gasteiger partial charge on any atom is 0.176 e. The molecular formula is C15H19NO.